The third-order valence-corrected chi connectivity index (χ3v) is 6.00. The van der Waals surface area contributed by atoms with E-state index in [-0.39, 0.29) is 11.2 Å². The molecule has 0 spiro atoms. The molecule has 0 aliphatic carbocycles. The van der Waals surface area contributed by atoms with Crippen molar-refractivity contribution < 1.29 is 14.3 Å². The van der Waals surface area contributed by atoms with E-state index in [1.54, 1.807) is 13.3 Å². The summed E-state index contributed by atoms with van der Waals surface area (Å²) in [5.74, 6) is 1.34. The quantitative estimate of drug-likeness (QED) is 0.334. The zero-order valence-corrected chi connectivity index (χ0v) is 19.1. The van der Waals surface area contributed by atoms with Crippen molar-refractivity contribution in [1.29, 1.82) is 0 Å². The van der Waals surface area contributed by atoms with E-state index in [4.69, 9.17) is 9.47 Å². The third kappa shape index (κ3) is 6.59. The zero-order chi connectivity index (χ0) is 22.1. The molecule has 1 heterocycles. The lowest BCUT2D eigenvalue weighted by atomic mass is 10.1. The Morgan fingerprint density at radius 1 is 1.10 bits per heavy atom. The standard InChI is InChI=1S/C24H29N3O3S/c1-4-6-13-30-20-12-11-19(14-21(20)29-3)16-25-27-24-26-23(28)22(31-24)15-18-9-7-17(5-2)8-10-18/h7-12,14,16,22H,4-6,13,15H2,1-3H3,(H,26,27,28)/b25-16+. The summed E-state index contributed by atoms with van der Waals surface area (Å²) in [4.78, 5) is 12.3. The Hall–Kier alpha value is -2.80. The lowest BCUT2D eigenvalue weighted by Gasteiger charge is -2.10. The largest absolute Gasteiger partial charge is 0.493 e. The van der Waals surface area contributed by atoms with E-state index in [1.807, 2.05) is 18.2 Å². The van der Waals surface area contributed by atoms with Crippen LogP contribution in [-0.4, -0.2) is 36.3 Å². The Balaban J connectivity index is 1.59. The average Bonchev–Trinajstić information content (AvgIpc) is 3.14. The molecule has 1 aliphatic heterocycles. The zero-order valence-electron chi connectivity index (χ0n) is 18.3. The number of thioether (sulfide) groups is 1. The van der Waals surface area contributed by atoms with Gasteiger partial charge in [0.15, 0.2) is 16.7 Å². The van der Waals surface area contributed by atoms with Gasteiger partial charge in [0.1, 0.15) is 0 Å². The number of carbonyl (C=O) groups excluding carboxylic acids is 1. The molecule has 1 N–H and O–H groups in total. The van der Waals surface area contributed by atoms with Crippen molar-refractivity contribution in [2.45, 2.75) is 44.8 Å². The number of hydrogen-bond donors (Lipinski definition) is 1. The second-order valence-electron chi connectivity index (χ2n) is 7.23. The van der Waals surface area contributed by atoms with Crippen molar-refractivity contribution >= 4 is 29.1 Å². The molecule has 0 radical (unpaired) electrons. The third-order valence-electron chi connectivity index (χ3n) is 4.93. The normalized spacial score (nSPS) is 17.3. The number of nitrogens with zero attached hydrogens (tertiary/aromatic N) is 2. The predicted molar refractivity (Wildman–Crippen MR) is 127 cm³/mol. The van der Waals surface area contributed by atoms with Gasteiger partial charge in [0, 0.05) is 0 Å². The van der Waals surface area contributed by atoms with Crippen LogP contribution in [0.4, 0.5) is 0 Å². The number of carbonyl (C=O) groups is 1. The molecular formula is C24H29N3O3S. The first-order chi connectivity index (χ1) is 15.1. The fourth-order valence-corrected chi connectivity index (χ4v) is 4.03. The molecular weight excluding hydrogens is 410 g/mol. The van der Waals surface area contributed by atoms with Gasteiger partial charge in [0.05, 0.1) is 25.2 Å². The Bertz CT molecular complexity index is 942. The number of rotatable bonds is 10. The summed E-state index contributed by atoms with van der Waals surface area (Å²) in [6, 6.07) is 14.0. The maximum atomic E-state index is 12.3. The topological polar surface area (TPSA) is 72.3 Å². The monoisotopic (exact) mass is 439 g/mol. The number of methoxy groups -OCH3 is 1. The highest BCUT2D eigenvalue weighted by molar-refractivity contribution is 8.15. The van der Waals surface area contributed by atoms with Crippen molar-refractivity contribution in [3.8, 4) is 11.5 Å². The number of ether oxygens (including phenoxy) is 2. The van der Waals surface area contributed by atoms with Gasteiger partial charge in [-0.1, -0.05) is 56.3 Å². The second-order valence-corrected chi connectivity index (χ2v) is 8.42. The van der Waals surface area contributed by atoms with Gasteiger partial charge in [-0.25, -0.2) is 0 Å². The van der Waals surface area contributed by atoms with E-state index in [1.165, 1.54) is 17.3 Å². The number of unbranched alkanes of at least 4 members (excludes halogenated alkanes) is 1. The van der Waals surface area contributed by atoms with E-state index in [0.29, 0.717) is 29.7 Å². The maximum Gasteiger partial charge on any atom is 0.239 e. The number of amidine groups is 1. The molecule has 7 heteroatoms. The van der Waals surface area contributed by atoms with Gasteiger partial charge in [-0.05, 0) is 54.2 Å². The first kappa shape index (κ1) is 22.9. The Kier molecular flexibility index (Phi) is 8.53. The van der Waals surface area contributed by atoms with Gasteiger partial charge in [-0.3, -0.25) is 4.79 Å². The molecule has 2 aromatic carbocycles. The fourth-order valence-electron chi connectivity index (χ4n) is 3.07. The summed E-state index contributed by atoms with van der Waals surface area (Å²) >= 11 is 1.41. The number of benzene rings is 2. The molecule has 0 bridgehead atoms. The molecule has 31 heavy (non-hydrogen) atoms. The maximum absolute atomic E-state index is 12.3. The van der Waals surface area contributed by atoms with Crippen LogP contribution in [0.2, 0.25) is 0 Å². The molecule has 1 unspecified atom stereocenters. The summed E-state index contributed by atoms with van der Waals surface area (Å²) in [5.41, 5.74) is 3.27. The number of aryl methyl sites for hydroxylation is 1. The minimum absolute atomic E-state index is 0.0335. The van der Waals surface area contributed by atoms with E-state index in [9.17, 15) is 4.79 Å². The lowest BCUT2D eigenvalue weighted by molar-refractivity contribution is -0.118. The van der Waals surface area contributed by atoms with Gasteiger partial charge in [0.25, 0.3) is 0 Å². The Morgan fingerprint density at radius 3 is 2.58 bits per heavy atom. The van der Waals surface area contributed by atoms with Crippen molar-refractivity contribution in [3.05, 3.63) is 59.2 Å². The van der Waals surface area contributed by atoms with Crippen molar-refractivity contribution in [2.24, 2.45) is 10.2 Å². The van der Waals surface area contributed by atoms with E-state index < -0.39 is 0 Å². The smallest absolute Gasteiger partial charge is 0.239 e. The van der Waals surface area contributed by atoms with Crippen molar-refractivity contribution in [1.82, 2.24) is 5.32 Å². The molecule has 6 nitrogen and oxygen atoms in total. The van der Waals surface area contributed by atoms with Crippen LogP contribution in [-0.2, 0) is 17.6 Å². The number of hydrogen-bond acceptors (Lipinski definition) is 6. The molecule has 1 amide bonds. The molecule has 1 saturated heterocycles. The minimum Gasteiger partial charge on any atom is -0.493 e. The van der Waals surface area contributed by atoms with Crippen LogP contribution in [0.1, 0.15) is 43.4 Å². The van der Waals surface area contributed by atoms with E-state index in [0.717, 1.165) is 30.4 Å². The number of nitrogens with one attached hydrogen (secondary N) is 1. The van der Waals surface area contributed by atoms with Crippen LogP contribution in [0.15, 0.2) is 52.7 Å². The highest BCUT2D eigenvalue weighted by Crippen LogP contribution is 2.28. The summed E-state index contributed by atoms with van der Waals surface area (Å²) in [7, 11) is 1.61. The molecule has 2 aromatic rings. The highest BCUT2D eigenvalue weighted by Gasteiger charge is 2.30. The summed E-state index contributed by atoms with van der Waals surface area (Å²) in [6.45, 7) is 4.91. The van der Waals surface area contributed by atoms with Crippen LogP contribution in [0.25, 0.3) is 0 Å². The molecule has 164 valence electrons. The molecule has 0 saturated carbocycles. The van der Waals surface area contributed by atoms with Crippen LogP contribution in [0.3, 0.4) is 0 Å². The Morgan fingerprint density at radius 2 is 1.87 bits per heavy atom. The second kappa shape index (κ2) is 11.6. The molecule has 3 rings (SSSR count). The summed E-state index contributed by atoms with van der Waals surface area (Å²) in [6.07, 6.45) is 5.38. The highest BCUT2D eigenvalue weighted by atomic mass is 32.2. The lowest BCUT2D eigenvalue weighted by Crippen LogP contribution is -2.25. The van der Waals surface area contributed by atoms with Gasteiger partial charge in [-0.15, -0.1) is 5.10 Å². The molecule has 1 atom stereocenters. The predicted octanol–water partition coefficient (Wildman–Crippen LogP) is 4.60. The summed E-state index contributed by atoms with van der Waals surface area (Å²) in [5, 5.41) is 11.4. The molecule has 1 fully saturated rings. The Labute approximate surface area is 188 Å². The van der Waals surface area contributed by atoms with E-state index >= 15 is 0 Å². The average molecular weight is 440 g/mol. The van der Waals surface area contributed by atoms with Gasteiger partial charge >= 0.3 is 0 Å². The SMILES string of the molecule is CCCCOc1ccc(/C=N/N=C2\NC(=O)C(Cc3ccc(CC)cc3)S2)cc1OC. The minimum atomic E-state index is -0.193. The first-order valence-corrected chi connectivity index (χ1v) is 11.5. The molecule has 1 aliphatic rings. The van der Waals surface area contributed by atoms with Gasteiger partial charge in [0.2, 0.25) is 5.91 Å². The molecule has 0 aromatic heterocycles. The van der Waals surface area contributed by atoms with Crippen LogP contribution < -0.4 is 14.8 Å². The van der Waals surface area contributed by atoms with Crippen LogP contribution >= 0.6 is 11.8 Å². The van der Waals surface area contributed by atoms with Gasteiger partial charge in [-0.2, -0.15) is 5.10 Å². The van der Waals surface area contributed by atoms with Crippen LogP contribution in [0, 0.1) is 0 Å². The van der Waals surface area contributed by atoms with Crippen LogP contribution in [0.5, 0.6) is 11.5 Å². The van der Waals surface area contributed by atoms with Crippen molar-refractivity contribution in [3.63, 3.8) is 0 Å². The van der Waals surface area contributed by atoms with Crippen molar-refractivity contribution in [2.75, 3.05) is 13.7 Å². The summed E-state index contributed by atoms with van der Waals surface area (Å²) < 4.78 is 11.2. The number of amides is 1. The van der Waals surface area contributed by atoms with E-state index in [2.05, 4.69) is 53.6 Å². The van der Waals surface area contributed by atoms with Gasteiger partial charge < -0.3 is 14.8 Å². The fraction of sp³-hybridized carbons (Fsp3) is 0.375. The first-order valence-electron chi connectivity index (χ1n) is 10.6.